The summed E-state index contributed by atoms with van der Waals surface area (Å²) in [7, 11) is 0. The summed E-state index contributed by atoms with van der Waals surface area (Å²) in [5, 5.41) is 19.9. The van der Waals surface area contributed by atoms with Crippen LogP contribution in [-0.2, 0) is 16.0 Å². The van der Waals surface area contributed by atoms with Crippen molar-refractivity contribution in [2.24, 2.45) is 4.99 Å². The molecule has 0 spiro atoms. The van der Waals surface area contributed by atoms with Crippen LogP contribution in [0.5, 0.6) is 0 Å². The predicted octanol–water partition coefficient (Wildman–Crippen LogP) is 1.99. The highest BCUT2D eigenvalue weighted by atomic mass is 16.6. The summed E-state index contributed by atoms with van der Waals surface area (Å²) in [5.74, 6) is -1.48. The fourth-order valence-electron chi connectivity index (χ4n) is 1.45. The first-order chi connectivity index (χ1) is 10.1. The van der Waals surface area contributed by atoms with Gasteiger partial charge in [-0.2, -0.15) is 4.99 Å². The zero-order chi connectivity index (χ0) is 16.9. The Hall–Kier alpha value is -2.84. The second-order valence-electron chi connectivity index (χ2n) is 5.25. The number of aromatic nitrogens is 1. The Morgan fingerprint density at radius 2 is 2.09 bits per heavy atom. The molecule has 0 aromatic carbocycles. The molecule has 0 aliphatic rings. The molecule has 0 bridgehead atoms. The van der Waals surface area contributed by atoms with Gasteiger partial charge in [0, 0.05) is 18.7 Å². The molecular weight excluding hydrogens is 294 g/mol. The van der Waals surface area contributed by atoms with Gasteiger partial charge in [0.25, 0.3) is 5.69 Å². The van der Waals surface area contributed by atoms with Crippen molar-refractivity contribution in [3.63, 3.8) is 0 Å². The SMILES string of the molecule is CC(C)(C)OC(=O)N=C(Cc1ncccc1[N+](=O)[O-])C(=O)O. The fraction of sp³-hybridized carbons (Fsp3) is 0.385. The Morgan fingerprint density at radius 3 is 2.59 bits per heavy atom. The molecule has 1 aromatic rings. The van der Waals surface area contributed by atoms with Crippen molar-refractivity contribution in [3.8, 4) is 0 Å². The average molecular weight is 309 g/mol. The lowest BCUT2D eigenvalue weighted by Crippen LogP contribution is -2.25. The van der Waals surface area contributed by atoms with Crippen molar-refractivity contribution in [3.05, 3.63) is 34.1 Å². The lowest BCUT2D eigenvalue weighted by atomic mass is 10.1. The van der Waals surface area contributed by atoms with Crippen LogP contribution < -0.4 is 0 Å². The number of rotatable bonds is 4. The Bertz CT molecular complexity index is 633. The van der Waals surface area contributed by atoms with E-state index >= 15 is 0 Å². The minimum Gasteiger partial charge on any atom is -0.477 e. The summed E-state index contributed by atoms with van der Waals surface area (Å²) < 4.78 is 4.89. The van der Waals surface area contributed by atoms with Gasteiger partial charge in [0.2, 0.25) is 0 Å². The fourth-order valence-corrected chi connectivity index (χ4v) is 1.45. The lowest BCUT2D eigenvalue weighted by molar-refractivity contribution is -0.385. The van der Waals surface area contributed by atoms with Gasteiger partial charge in [-0.25, -0.2) is 9.59 Å². The van der Waals surface area contributed by atoms with Crippen molar-refractivity contribution in [2.75, 3.05) is 0 Å². The Labute approximate surface area is 125 Å². The van der Waals surface area contributed by atoms with Crippen molar-refractivity contribution >= 4 is 23.5 Å². The number of pyridine rings is 1. The van der Waals surface area contributed by atoms with Gasteiger partial charge in [-0.3, -0.25) is 15.1 Å². The van der Waals surface area contributed by atoms with Crippen molar-refractivity contribution in [2.45, 2.75) is 32.8 Å². The quantitative estimate of drug-likeness (QED) is 0.511. The van der Waals surface area contributed by atoms with Gasteiger partial charge in [-0.1, -0.05) is 0 Å². The van der Waals surface area contributed by atoms with Gasteiger partial charge < -0.3 is 9.84 Å². The smallest absolute Gasteiger partial charge is 0.434 e. The van der Waals surface area contributed by atoms with Crippen LogP contribution >= 0.6 is 0 Å². The van der Waals surface area contributed by atoms with E-state index in [2.05, 4.69) is 9.98 Å². The van der Waals surface area contributed by atoms with Crippen LogP contribution in [0.3, 0.4) is 0 Å². The summed E-state index contributed by atoms with van der Waals surface area (Å²) in [6.07, 6.45) is -0.260. The third kappa shape index (κ3) is 5.27. The van der Waals surface area contributed by atoms with Gasteiger partial charge in [-0.15, -0.1) is 0 Å². The van der Waals surface area contributed by atoms with Crippen LogP contribution in [-0.4, -0.2) is 38.4 Å². The molecule has 9 heteroatoms. The topological polar surface area (TPSA) is 132 Å². The third-order valence-corrected chi connectivity index (χ3v) is 2.26. The zero-order valence-electron chi connectivity index (χ0n) is 12.3. The maximum absolute atomic E-state index is 11.6. The van der Waals surface area contributed by atoms with Crippen molar-refractivity contribution in [1.82, 2.24) is 4.98 Å². The van der Waals surface area contributed by atoms with Crippen molar-refractivity contribution < 1.29 is 24.4 Å². The highest BCUT2D eigenvalue weighted by molar-refractivity contribution is 6.37. The number of carbonyl (C=O) groups excluding carboxylic acids is 1. The number of hydrogen-bond acceptors (Lipinski definition) is 6. The molecular formula is C13H15N3O6. The summed E-state index contributed by atoms with van der Waals surface area (Å²) in [6.45, 7) is 4.80. The number of nitro groups is 1. The Kier molecular flexibility index (Phi) is 5.28. The molecule has 0 aliphatic heterocycles. The maximum atomic E-state index is 11.6. The average Bonchev–Trinajstić information content (AvgIpc) is 2.35. The van der Waals surface area contributed by atoms with Crippen LogP contribution in [0.15, 0.2) is 23.3 Å². The first-order valence-corrected chi connectivity index (χ1v) is 6.22. The second kappa shape index (κ2) is 6.74. The van der Waals surface area contributed by atoms with E-state index in [0.717, 1.165) is 0 Å². The second-order valence-corrected chi connectivity index (χ2v) is 5.25. The first-order valence-electron chi connectivity index (χ1n) is 6.22. The lowest BCUT2D eigenvalue weighted by Gasteiger charge is -2.17. The molecule has 22 heavy (non-hydrogen) atoms. The van der Waals surface area contributed by atoms with Crippen molar-refractivity contribution in [1.29, 1.82) is 0 Å². The van der Waals surface area contributed by atoms with Gasteiger partial charge in [-0.05, 0) is 26.8 Å². The van der Waals surface area contributed by atoms with E-state index in [-0.39, 0.29) is 11.4 Å². The molecule has 9 nitrogen and oxygen atoms in total. The van der Waals surface area contributed by atoms with Gasteiger partial charge in [0.15, 0.2) is 0 Å². The summed E-state index contributed by atoms with van der Waals surface area (Å²) in [4.78, 5) is 40.0. The van der Waals surface area contributed by atoms with E-state index in [4.69, 9.17) is 9.84 Å². The summed E-state index contributed by atoms with van der Waals surface area (Å²) in [6, 6.07) is 2.54. The van der Waals surface area contributed by atoms with Gasteiger partial charge in [0.1, 0.15) is 17.0 Å². The van der Waals surface area contributed by atoms with Gasteiger partial charge in [0.05, 0.1) is 4.92 Å². The highest BCUT2D eigenvalue weighted by Gasteiger charge is 2.22. The Balaban J connectivity index is 3.07. The standard InChI is InChI=1S/C13H15N3O6/c1-13(2,3)22-12(19)15-9(11(17)18)7-8-10(16(20)21)5-4-6-14-8/h4-6H,7H2,1-3H3,(H,17,18). The molecule has 1 amide bonds. The molecule has 1 rings (SSSR count). The number of amides is 1. The molecule has 1 N–H and O–H groups in total. The molecule has 0 saturated heterocycles. The minimum atomic E-state index is -1.48. The Morgan fingerprint density at radius 1 is 1.45 bits per heavy atom. The summed E-state index contributed by atoms with van der Waals surface area (Å²) in [5.41, 5.74) is -1.87. The number of carbonyl (C=O) groups is 2. The largest absolute Gasteiger partial charge is 0.477 e. The monoisotopic (exact) mass is 309 g/mol. The molecule has 0 saturated carbocycles. The maximum Gasteiger partial charge on any atom is 0.434 e. The van der Waals surface area contributed by atoms with Crippen LogP contribution in [0.25, 0.3) is 0 Å². The van der Waals surface area contributed by atoms with E-state index in [1.165, 1.54) is 18.3 Å². The first kappa shape index (κ1) is 17.2. The zero-order valence-corrected chi connectivity index (χ0v) is 12.3. The number of aliphatic carboxylic acids is 1. The molecule has 0 aliphatic carbocycles. The summed E-state index contributed by atoms with van der Waals surface area (Å²) >= 11 is 0. The number of hydrogen-bond donors (Lipinski definition) is 1. The van der Waals surface area contributed by atoms with Crippen LogP contribution in [0, 0.1) is 10.1 Å². The normalized spacial score (nSPS) is 11.9. The van der Waals surface area contributed by atoms with Crippen LogP contribution in [0.4, 0.5) is 10.5 Å². The molecule has 0 unspecified atom stereocenters. The van der Waals surface area contributed by atoms with E-state index < -0.39 is 34.7 Å². The van der Waals surface area contributed by atoms with E-state index in [9.17, 15) is 19.7 Å². The molecule has 0 radical (unpaired) electrons. The minimum absolute atomic E-state index is 0.0998. The van der Waals surface area contributed by atoms with Crippen LogP contribution in [0.1, 0.15) is 26.5 Å². The third-order valence-electron chi connectivity index (χ3n) is 2.26. The van der Waals surface area contributed by atoms with Gasteiger partial charge >= 0.3 is 12.1 Å². The number of carboxylic acid groups (broad SMARTS) is 1. The number of ether oxygens (including phenoxy) is 1. The van der Waals surface area contributed by atoms with E-state index in [1.54, 1.807) is 20.8 Å². The molecule has 0 fully saturated rings. The molecule has 1 heterocycles. The predicted molar refractivity (Wildman–Crippen MR) is 75.9 cm³/mol. The van der Waals surface area contributed by atoms with Crippen LogP contribution in [0.2, 0.25) is 0 Å². The van der Waals surface area contributed by atoms with E-state index in [1.807, 2.05) is 0 Å². The number of carboxylic acids is 1. The molecule has 118 valence electrons. The number of aliphatic imine (C=N–C) groups is 1. The highest BCUT2D eigenvalue weighted by Crippen LogP contribution is 2.16. The molecule has 1 aromatic heterocycles. The van der Waals surface area contributed by atoms with E-state index in [0.29, 0.717) is 0 Å². The number of nitrogens with zero attached hydrogens (tertiary/aromatic N) is 3. The molecule has 0 atom stereocenters.